The van der Waals surface area contributed by atoms with Crippen molar-refractivity contribution in [3.8, 4) is 0 Å². The predicted octanol–water partition coefficient (Wildman–Crippen LogP) is 4.50. The van der Waals surface area contributed by atoms with Gasteiger partial charge >= 0.3 is 6.18 Å². The molecule has 0 aliphatic rings. The maximum atomic E-state index is 13.7. The van der Waals surface area contributed by atoms with Crippen molar-refractivity contribution in [3.05, 3.63) is 46.4 Å². The maximum Gasteiger partial charge on any atom is 0.417 e. The second-order valence-electron chi connectivity index (χ2n) is 4.50. The molecule has 0 radical (unpaired) electrons. The topological polar surface area (TPSA) is 43.1 Å². The quantitative estimate of drug-likeness (QED) is 0.467. The van der Waals surface area contributed by atoms with Gasteiger partial charge in [0, 0.05) is 6.20 Å². The van der Waals surface area contributed by atoms with Crippen LogP contribution in [0.15, 0.2) is 22.3 Å². The summed E-state index contributed by atoms with van der Waals surface area (Å²) in [6.07, 6.45) is -4.23. The average Bonchev–Trinajstić information content (AvgIpc) is 2.92. The Morgan fingerprint density at radius 2 is 1.60 bits per heavy atom. The fourth-order valence-corrected chi connectivity index (χ4v) is 2.90. The number of aromatic nitrogens is 4. The number of nitrogens with zero attached hydrogens (tertiary/aromatic N) is 4. The number of rotatable bonds is 2. The van der Waals surface area contributed by atoms with Crippen LogP contribution >= 0.6 is 23.4 Å². The third-order valence-electron chi connectivity index (χ3n) is 2.91. The average molecular weight is 403 g/mol. The molecule has 13 heteroatoms. The van der Waals surface area contributed by atoms with Crippen LogP contribution in [0.5, 0.6) is 0 Å². The molecule has 3 aromatic heterocycles. The molecular formula is C12H2ClF7N4S. The molecule has 3 aromatic rings. The predicted molar refractivity (Wildman–Crippen MR) is 71.2 cm³/mol. The van der Waals surface area contributed by atoms with E-state index in [0.29, 0.717) is 16.7 Å². The van der Waals surface area contributed by atoms with Gasteiger partial charge in [-0.2, -0.15) is 26.9 Å². The van der Waals surface area contributed by atoms with E-state index in [9.17, 15) is 30.7 Å². The third-order valence-corrected chi connectivity index (χ3v) is 4.21. The van der Waals surface area contributed by atoms with Crippen LogP contribution in [-0.4, -0.2) is 19.6 Å². The first-order valence-corrected chi connectivity index (χ1v) is 7.28. The highest BCUT2D eigenvalue weighted by molar-refractivity contribution is 7.99. The standard InChI is InChI=1S/C12H2ClF7N4S/c13-4-1-3(12(18,19)20)2-24-10(4)22-23-11(24)25-7-5(14)8(16)21-9(17)6(7)15/h1-2H. The molecule has 0 aliphatic carbocycles. The molecule has 0 saturated heterocycles. The molecule has 0 spiro atoms. The van der Waals surface area contributed by atoms with Gasteiger partial charge in [0.15, 0.2) is 17.3 Å². The molecule has 0 atom stereocenters. The van der Waals surface area contributed by atoms with Crippen molar-refractivity contribution in [2.45, 2.75) is 16.2 Å². The Morgan fingerprint density at radius 1 is 1.00 bits per heavy atom. The van der Waals surface area contributed by atoms with Crippen molar-refractivity contribution in [1.82, 2.24) is 19.6 Å². The van der Waals surface area contributed by atoms with Crippen molar-refractivity contribution in [2.75, 3.05) is 0 Å². The Morgan fingerprint density at radius 3 is 2.16 bits per heavy atom. The lowest BCUT2D eigenvalue weighted by molar-refractivity contribution is -0.137. The first kappa shape index (κ1) is 17.7. The van der Waals surface area contributed by atoms with Crippen molar-refractivity contribution < 1.29 is 30.7 Å². The normalized spacial score (nSPS) is 12.2. The molecule has 3 heterocycles. The molecule has 0 bridgehead atoms. The van der Waals surface area contributed by atoms with Gasteiger partial charge < -0.3 is 0 Å². The van der Waals surface area contributed by atoms with Gasteiger partial charge in [-0.15, -0.1) is 10.2 Å². The van der Waals surface area contributed by atoms with Gasteiger partial charge in [0.05, 0.1) is 15.5 Å². The zero-order chi connectivity index (χ0) is 18.5. The smallest absolute Gasteiger partial charge is 0.275 e. The minimum atomic E-state index is -4.77. The summed E-state index contributed by atoms with van der Waals surface area (Å²) in [5.74, 6) is -7.47. The Balaban J connectivity index is 2.17. The number of hydrogen-bond acceptors (Lipinski definition) is 4. The minimum absolute atomic E-state index is 0.0267. The Kier molecular flexibility index (Phi) is 4.27. The van der Waals surface area contributed by atoms with Crippen LogP contribution in [0.3, 0.4) is 0 Å². The fourth-order valence-electron chi connectivity index (χ4n) is 1.81. The number of alkyl halides is 3. The summed E-state index contributed by atoms with van der Waals surface area (Å²) in [7, 11) is 0. The van der Waals surface area contributed by atoms with E-state index in [1.54, 1.807) is 0 Å². The molecule has 0 aromatic carbocycles. The van der Waals surface area contributed by atoms with E-state index in [4.69, 9.17) is 11.6 Å². The molecule has 0 amide bonds. The zero-order valence-electron chi connectivity index (χ0n) is 11.4. The molecule has 25 heavy (non-hydrogen) atoms. The maximum absolute atomic E-state index is 13.7. The number of hydrogen-bond donors (Lipinski definition) is 0. The lowest BCUT2D eigenvalue weighted by atomic mass is 10.3. The molecule has 4 nitrogen and oxygen atoms in total. The summed E-state index contributed by atoms with van der Waals surface area (Å²) < 4.78 is 92.8. The third kappa shape index (κ3) is 3.11. The Labute approximate surface area is 142 Å². The van der Waals surface area contributed by atoms with Crippen molar-refractivity contribution in [3.63, 3.8) is 0 Å². The van der Waals surface area contributed by atoms with Crippen LogP contribution in [0.2, 0.25) is 5.02 Å². The molecule has 0 unspecified atom stereocenters. The summed E-state index contributed by atoms with van der Waals surface area (Å²) in [6, 6.07) is 0.590. The molecule has 0 N–H and O–H groups in total. The molecule has 0 saturated carbocycles. The first-order chi connectivity index (χ1) is 11.6. The summed E-state index contributed by atoms with van der Waals surface area (Å²) in [4.78, 5) is 1.20. The van der Waals surface area contributed by atoms with Crippen LogP contribution in [0, 0.1) is 23.5 Å². The highest BCUT2D eigenvalue weighted by atomic mass is 35.5. The monoisotopic (exact) mass is 402 g/mol. The van der Waals surface area contributed by atoms with E-state index >= 15 is 0 Å². The van der Waals surface area contributed by atoms with Gasteiger partial charge in [0.1, 0.15) is 0 Å². The van der Waals surface area contributed by atoms with E-state index in [1.807, 2.05) is 0 Å². The lowest BCUT2D eigenvalue weighted by Crippen LogP contribution is -2.07. The molecule has 0 fully saturated rings. The summed E-state index contributed by atoms with van der Waals surface area (Å²) in [5, 5.41) is 6.01. The van der Waals surface area contributed by atoms with Crippen LogP contribution in [0.1, 0.15) is 5.56 Å². The fraction of sp³-hybridized carbons (Fsp3) is 0.0833. The van der Waals surface area contributed by atoms with Gasteiger partial charge in [-0.05, 0) is 17.8 Å². The van der Waals surface area contributed by atoms with Crippen molar-refractivity contribution >= 4 is 29.0 Å². The highest BCUT2D eigenvalue weighted by Gasteiger charge is 2.32. The van der Waals surface area contributed by atoms with Crippen molar-refractivity contribution in [1.29, 1.82) is 0 Å². The lowest BCUT2D eigenvalue weighted by Gasteiger charge is -2.09. The van der Waals surface area contributed by atoms with E-state index in [0.717, 1.165) is 0 Å². The van der Waals surface area contributed by atoms with Crippen molar-refractivity contribution in [2.24, 2.45) is 0 Å². The minimum Gasteiger partial charge on any atom is -0.275 e. The summed E-state index contributed by atoms with van der Waals surface area (Å²) >= 11 is 5.71. The summed E-state index contributed by atoms with van der Waals surface area (Å²) in [5.41, 5.74) is -1.42. The Bertz CT molecular complexity index is 962. The van der Waals surface area contributed by atoms with Gasteiger partial charge in [-0.3, -0.25) is 4.40 Å². The number of halogens is 8. The second-order valence-corrected chi connectivity index (χ2v) is 5.89. The zero-order valence-corrected chi connectivity index (χ0v) is 12.9. The molecule has 3 rings (SSSR count). The van der Waals surface area contributed by atoms with Crippen LogP contribution in [0.25, 0.3) is 5.65 Å². The SMILES string of the molecule is Fc1nc(F)c(F)c(Sc2nnc3c(Cl)cc(C(F)(F)F)cn23)c1F. The molecule has 0 aliphatic heterocycles. The van der Waals surface area contributed by atoms with Gasteiger partial charge in [-0.1, -0.05) is 11.6 Å². The van der Waals surface area contributed by atoms with Gasteiger partial charge in [0.2, 0.25) is 5.16 Å². The molecular weight excluding hydrogens is 401 g/mol. The largest absolute Gasteiger partial charge is 0.417 e. The summed E-state index contributed by atoms with van der Waals surface area (Å²) in [6.45, 7) is 0. The first-order valence-electron chi connectivity index (χ1n) is 6.09. The van der Waals surface area contributed by atoms with E-state index in [1.165, 1.54) is 0 Å². The molecule has 132 valence electrons. The van der Waals surface area contributed by atoms with E-state index in [2.05, 4.69) is 15.2 Å². The highest BCUT2D eigenvalue weighted by Crippen LogP contribution is 2.36. The number of fused-ring (bicyclic) bond motifs is 1. The van der Waals surface area contributed by atoms with Crippen LogP contribution in [-0.2, 0) is 6.18 Å². The van der Waals surface area contributed by atoms with Crippen LogP contribution in [0.4, 0.5) is 30.7 Å². The van der Waals surface area contributed by atoms with E-state index in [-0.39, 0.29) is 17.4 Å². The van der Waals surface area contributed by atoms with Crippen LogP contribution < -0.4 is 0 Å². The van der Waals surface area contributed by atoms with Gasteiger partial charge in [-0.25, -0.2) is 8.78 Å². The van der Waals surface area contributed by atoms with Gasteiger partial charge in [0.25, 0.3) is 11.9 Å². The van der Waals surface area contributed by atoms with E-state index < -0.39 is 50.3 Å². The number of pyridine rings is 2. The Hall–Kier alpha value is -2.08. The second kappa shape index (κ2) is 6.02.